The Labute approximate surface area is 180 Å². The van der Waals surface area contributed by atoms with Gasteiger partial charge in [0.25, 0.3) is 5.82 Å². The zero-order chi connectivity index (χ0) is 21.6. The molecule has 30 heavy (non-hydrogen) atoms. The molecule has 3 nitrogen and oxygen atoms in total. The highest BCUT2D eigenvalue weighted by atomic mass is 15.2. The molecule has 0 aliphatic heterocycles. The highest BCUT2D eigenvalue weighted by Crippen LogP contribution is 2.37. The smallest absolute Gasteiger partial charge is 0.263 e. The lowest BCUT2D eigenvalue weighted by molar-refractivity contribution is -0.633. The van der Waals surface area contributed by atoms with E-state index in [1.807, 2.05) is 12.4 Å². The molecule has 0 amide bonds. The Morgan fingerprint density at radius 2 is 1.47 bits per heavy atom. The van der Waals surface area contributed by atoms with E-state index in [1.54, 1.807) is 0 Å². The molecule has 154 valence electrons. The Bertz CT molecular complexity index is 1200. The molecular weight excluding hydrogens is 366 g/mol. The first-order valence-electron chi connectivity index (χ1n) is 10.9. The third kappa shape index (κ3) is 3.13. The van der Waals surface area contributed by atoms with E-state index >= 15 is 0 Å². The van der Waals surface area contributed by atoms with Gasteiger partial charge in [0, 0.05) is 23.5 Å². The van der Waals surface area contributed by atoms with Crippen molar-refractivity contribution in [3.63, 3.8) is 0 Å². The molecule has 0 bridgehead atoms. The molecule has 0 atom stereocenters. The van der Waals surface area contributed by atoms with Crippen LogP contribution in [0.3, 0.4) is 0 Å². The number of para-hydroxylation sites is 3. The zero-order valence-electron chi connectivity index (χ0n) is 19.2. The third-order valence-corrected chi connectivity index (χ3v) is 6.29. The highest BCUT2D eigenvalue weighted by molar-refractivity contribution is 5.80. The normalized spacial score (nSPS) is 11.8. The average molecular weight is 399 g/mol. The molecule has 4 rings (SSSR count). The molecule has 0 saturated heterocycles. The minimum Gasteiger partial charge on any atom is -0.263 e. The summed E-state index contributed by atoms with van der Waals surface area (Å²) in [6.07, 6.45) is 3.97. The fourth-order valence-electron chi connectivity index (χ4n) is 4.47. The molecule has 3 heteroatoms. The van der Waals surface area contributed by atoms with Crippen LogP contribution in [0.2, 0.25) is 0 Å². The number of hydrogen-bond acceptors (Lipinski definition) is 1. The van der Waals surface area contributed by atoms with Gasteiger partial charge in [-0.1, -0.05) is 58.0 Å². The molecule has 0 unspecified atom stereocenters. The fraction of sp³-hybridized carbons (Fsp3) is 0.333. The van der Waals surface area contributed by atoms with Crippen LogP contribution in [0.5, 0.6) is 0 Å². The molecule has 0 aliphatic rings. The van der Waals surface area contributed by atoms with Crippen molar-refractivity contribution in [1.29, 1.82) is 0 Å². The first kappa shape index (κ1) is 20.3. The van der Waals surface area contributed by atoms with Gasteiger partial charge in [-0.25, -0.2) is 4.57 Å². The zero-order valence-corrected chi connectivity index (χ0v) is 19.2. The number of nitrogens with zero attached hydrogens (tertiary/aromatic N) is 3. The maximum atomic E-state index is 4.56. The van der Waals surface area contributed by atoms with Gasteiger partial charge in [-0.15, -0.1) is 0 Å². The number of fused-ring (bicyclic) bond motifs is 1. The van der Waals surface area contributed by atoms with Crippen LogP contribution in [-0.4, -0.2) is 9.55 Å². The number of pyridine rings is 1. The largest absolute Gasteiger partial charge is 0.296 e. The van der Waals surface area contributed by atoms with Gasteiger partial charge in [0.1, 0.15) is 5.69 Å². The number of aryl methyl sites for hydroxylation is 2. The van der Waals surface area contributed by atoms with Gasteiger partial charge >= 0.3 is 0 Å². The van der Waals surface area contributed by atoms with E-state index < -0.39 is 0 Å². The van der Waals surface area contributed by atoms with E-state index in [0.717, 1.165) is 0 Å². The Morgan fingerprint density at radius 1 is 0.833 bits per heavy atom. The first-order chi connectivity index (χ1) is 14.3. The van der Waals surface area contributed by atoms with E-state index in [2.05, 4.69) is 105 Å². The van der Waals surface area contributed by atoms with Crippen LogP contribution in [0.1, 0.15) is 61.8 Å². The summed E-state index contributed by atoms with van der Waals surface area (Å²) in [5.41, 5.74) is 10.2. The lowest BCUT2D eigenvalue weighted by Gasteiger charge is -2.18. The molecule has 2 aromatic carbocycles. The lowest BCUT2D eigenvalue weighted by Crippen LogP contribution is -2.30. The van der Waals surface area contributed by atoms with E-state index in [4.69, 9.17) is 0 Å². The van der Waals surface area contributed by atoms with Crippen LogP contribution in [-0.2, 0) is 7.05 Å². The van der Waals surface area contributed by atoms with Crippen molar-refractivity contribution in [2.45, 2.75) is 53.4 Å². The average Bonchev–Trinajstić information content (AvgIpc) is 3.01. The molecule has 0 spiro atoms. The van der Waals surface area contributed by atoms with Crippen molar-refractivity contribution in [2.24, 2.45) is 7.05 Å². The molecule has 0 fully saturated rings. The quantitative estimate of drug-likeness (QED) is 0.366. The van der Waals surface area contributed by atoms with Gasteiger partial charge in [-0.3, -0.25) is 4.98 Å². The van der Waals surface area contributed by atoms with Crippen molar-refractivity contribution < 1.29 is 4.57 Å². The minimum atomic E-state index is 0.426. The molecule has 2 heterocycles. The van der Waals surface area contributed by atoms with Crippen molar-refractivity contribution in [1.82, 2.24) is 9.55 Å². The highest BCUT2D eigenvalue weighted by Gasteiger charge is 2.31. The predicted molar refractivity (Wildman–Crippen MR) is 125 cm³/mol. The summed E-state index contributed by atoms with van der Waals surface area (Å²) in [6, 6.07) is 15.5. The summed E-state index contributed by atoms with van der Waals surface area (Å²) in [5, 5.41) is 0. The van der Waals surface area contributed by atoms with Gasteiger partial charge in [0.2, 0.25) is 0 Å². The Kier molecular flexibility index (Phi) is 5.23. The second-order valence-corrected chi connectivity index (χ2v) is 8.93. The van der Waals surface area contributed by atoms with Gasteiger partial charge in [0.05, 0.1) is 12.6 Å². The monoisotopic (exact) mass is 398 g/mol. The predicted octanol–water partition coefficient (Wildman–Crippen LogP) is 6.38. The number of imidazole rings is 1. The SMILES string of the molecule is Cc1cncc(-c2n(-c3c(C(C)C)cccc3C(C)C)c3ccccc3[n+]2C)c1C. The van der Waals surface area contributed by atoms with Crippen LogP contribution >= 0.6 is 0 Å². The molecular formula is C27H32N3+. The Balaban J connectivity index is 2.23. The summed E-state index contributed by atoms with van der Waals surface area (Å²) in [6.45, 7) is 13.5. The van der Waals surface area contributed by atoms with Gasteiger partial charge < -0.3 is 0 Å². The Morgan fingerprint density at radius 3 is 2.10 bits per heavy atom. The van der Waals surface area contributed by atoms with Crippen LogP contribution in [0.25, 0.3) is 28.1 Å². The summed E-state index contributed by atoms with van der Waals surface area (Å²) in [4.78, 5) is 4.56. The van der Waals surface area contributed by atoms with E-state index in [-0.39, 0.29) is 0 Å². The number of hydrogen-bond donors (Lipinski definition) is 0. The molecule has 4 aromatic rings. The van der Waals surface area contributed by atoms with Crippen LogP contribution in [0, 0.1) is 13.8 Å². The van der Waals surface area contributed by atoms with Crippen LogP contribution < -0.4 is 4.57 Å². The Hall–Kier alpha value is -2.94. The summed E-state index contributed by atoms with van der Waals surface area (Å²) in [7, 11) is 2.17. The third-order valence-electron chi connectivity index (χ3n) is 6.29. The number of aromatic nitrogens is 3. The lowest BCUT2D eigenvalue weighted by atomic mass is 9.92. The maximum absolute atomic E-state index is 4.56. The van der Waals surface area contributed by atoms with Crippen molar-refractivity contribution in [3.8, 4) is 17.1 Å². The van der Waals surface area contributed by atoms with Crippen LogP contribution in [0.4, 0.5) is 0 Å². The molecule has 0 saturated carbocycles. The second-order valence-electron chi connectivity index (χ2n) is 8.93. The maximum Gasteiger partial charge on any atom is 0.296 e. The van der Waals surface area contributed by atoms with Gasteiger partial charge in [0.15, 0.2) is 11.0 Å². The summed E-state index contributed by atoms with van der Waals surface area (Å²) < 4.78 is 4.80. The molecule has 0 aliphatic carbocycles. The molecule has 2 aromatic heterocycles. The van der Waals surface area contributed by atoms with E-state index in [0.29, 0.717) is 11.8 Å². The molecule has 0 N–H and O–H groups in total. The van der Waals surface area contributed by atoms with Gasteiger partial charge in [-0.05, 0) is 48.9 Å². The number of benzene rings is 2. The number of rotatable bonds is 4. The summed E-state index contributed by atoms with van der Waals surface area (Å²) in [5.74, 6) is 2.03. The fourth-order valence-corrected chi connectivity index (χ4v) is 4.47. The van der Waals surface area contributed by atoms with Gasteiger partial charge in [-0.2, -0.15) is 4.57 Å². The van der Waals surface area contributed by atoms with E-state index in [1.165, 1.54) is 50.4 Å². The van der Waals surface area contributed by atoms with E-state index in [9.17, 15) is 0 Å². The topological polar surface area (TPSA) is 21.7 Å². The van der Waals surface area contributed by atoms with Crippen molar-refractivity contribution in [2.75, 3.05) is 0 Å². The first-order valence-corrected chi connectivity index (χ1v) is 10.9. The van der Waals surface area contributed by atoms with Crippen molar-refractivity contribution >= 4 is 11.0 Å². The van der Waals surface area contributed by atoms with Crippen LogP contribution in [0.15, 0.2) is 54.9 Å². The second kappa shape index (κ2) is 7.71. The van der Waals surface area contributed by atoms with Crippen molar-refractivity contribution in [3.05, 3.63) is 77.1 Å². The minimum absolute atomic E-state index is 0.426. The summed E-state index contributed by atoms with van der Waals surface area (Å²) >= 11 is 0. The molecule has 0 radical (unpaired) electrons. The standard InChI is InChI=1S/C27H32N3/c1-17(2)21-11-10-12-22(18(3)4)26(21)30-25-14-9-8-13-24(25)29(7)27(30)23-16-28-15-19(5)20(23)6/h8-18H,1-7H3/q+1.